The molecule has 0 bridgehead atoms. The molecule has 0 heterocycles. The summed E-state index contributed by atoms with van der Waals surface area (Å²) < 4.78 is 0. The fraction of sp³-hybridized carbons (Fsp3) is 0.714. The lowest BCUT2D eigenvalue weighted by molar-refractivity contribution is -0.153. The molecule has 12 heavy (non-hydrogen) atoms. The van der Waals surface area contributed by atoms with E-state index in [0.717, 1.165) is 0 Å². The molecule has 1 atom stereocenters. The van der Waals surface area contributed by atoms with Crippen LogP contribution in [0.1, 0.15) is 20.3 Å². The maximum atomic E-state index is 10.9. The number of nitrogens with one attached hydrogen (secondary N) is 2. The average molecular weight is 174 g/mol. The first-order valence-electron chi connectivity index (χ1n) is 3.80. The minimum absolute atomic E-state index is 0.192. The maximum Gasteiger partial charge on any atom is 0.347 e. The van der Waals surface area contributed by atoms with Gasteiger partial charge in [-0.1, -0.05) is 13.8 Å². The molecule has 0 saturated carbocycles. The summed E-state index contributed by atoms with van der Waals surface area (Å²) in [7, 11) is 1.44. The largest absolute Gasteiger partial charge is 0.347 e. The standard InChI is InChI=1S/C7H14N2O3/c1-4-5(2)6(10)12-9-7(11)8-3/h5H,4H2,1-3H3,(H2,8,9,11). The van der Waals surface area contributed by atoms with Gasteiger partial charge < -0.3 is 10.2 Å². The van der Waals surface area contributed by atoms with E-state index in [1.165, 1.54) is 7.05 Å². The molecule has 0 aliphatic heterocycles. The summed E-state index contributed by atoms with van der Waals surface area (Å²) >= 11 is 0. The fourth-order valence-corrected chi connectivity index (χ4v) is 0.415. The van der Waals surface area contributed by atoms with E-state index in [0.29, 0.717) is 6.42 Å². The van der Waals surface area contributed by atoms with Gasteiger partial charge in [-0.25, -0.2) is 9.59 Å². The van der Waals surface area contributed by atoms with E-state index in [1.54, 1.807) is 6.92 Å². The fourth-order valence-electron chi connectivity index (χ4n) is 0.415. The monoisotopic (exact) mass is 174 g/mol. The molecule has 5 nitrogen and oxygen atoms in total. The van der Waals surface area contributed by atoms with Gasteiger partial charge in [0.25, 0.3) is 0 Å². The predicted octanol–water partition coefficient (Wildman–Crippen LogP) is 0.420. The van der Waals surface area contributed by atoms with Gasteiger partial charge in [0.15, 0.2) is 0 Å². The van der Waals surface area contributed by atoms with Crippen LogP contribution in [0.25, 0.3) is 0 Å². The van der Waals surface area contributed by atoms with Gasteiger partial charge in [-0.3, -0.25) is 0 Å². The van der Waals surface area contributed by atoms with Crippen molar-refractivity contribution in [3.05, 3.63) is 0 Å². The lowest BCUT2D eigenvalue weighted by Crippen LogP contribution is -2.35. The van der Waals surface area contributed by atoms with Gasteiger partial charge in [-0.05, 0) is 6.42 Å². The van der Waals surface area contributed by atoms with Gasteiger partial charge in [0.1, 0.15) is 0 Å². The normalized spacial score (nSPS) is 11.6. The molecule has 0 aromatic carbocycles. The highest BCUT2D eigenvalue weighted by Crippen LogP contribution is 2.01. The van der Waals surface area contributed by atoms with E-state index >= 15 is 0 Å². The Morgan fingerprint density at radius 2 is 2.08 bits per heavy atom. The van der Waals surface area contributed by atoms with Crippen molar-refractivity contribution in [3.8, 4) is 0 Å². The van der Waals surface area contributed by atoms with Crippen LogP contribution in [0.3, 0.4) is 0 Å². The molecule has 0 rings (SSSR count). The molecule has 1 unspecified atom stereocenters. The zero-order valence-corrected chi connectivity index (χ0v) is 7.51. The van der Waals surface area contributed by atoms with Crippen molar-refractivity contribution in [2.45, 2.75) is 20.3 Å². The maximum absolute atomic E-state index is 10.9. The van der Waals surface area contributed by atoms with Crippen molar-refractivity contribution in [2.24, 2.45) is 5.92 Å². The second kappa shape index (κ2) is 5.40. The number of carbonyl (C=O) groups excluding carboxylic acids is 2. The smallest absolute Gasteiger partial charge is 0.339 e. The van der Waals surface area contributed by atoms with Crippen LogP contribution in [-0.4, -0.2) is 19.0 Å². The molecule has 0 aliphatic rings. The first kappa shape index (κ1) is 10.7. The van der Waals surface area contributed by atoms with Crippen molar-refractivity contribution >= 4 is 12.0 Å². The number of amides is 2. The molecule has 0 saturated heterocycles. The zero-order valence-electron chi connectivity index (χ0n) is 7.51. The van der Waals surface area contributed by atoms with E-state index in [9.17, 15) is 9.59 Å². The van der Waals surface area contributed by atoms with E-state index in [4.69, 9.17) is 0 Å². The Morgan fingerprint density at radius 1 is 1.50 bits per heavy atom. The molecule has 70 valence electrons. The van der Waals surface area contributed by atoms with E-state index in [1.807, 2.05) is 12.4 Å². The van der Waals surface area contributed by atoms with Crippen molar-refractivity contribution in [1.82, 2.24) is 10.8 Å². The summed E-state index contributed by atoms with van der Waals surface area (Å²) in [5.41, 5.74) is 1.95. The zero-order chi connectivity index (χ0) is 9.56. The van der Waals surface area contributed by atoms with Crippen molar-refractivity contribution < 1.29 is 14.4 Å². The minimum Gasteiger partial charge on any atom is -0.339 e. The van der Waals surface area contributed by atoms with Crippen molar-refractivity contribution in [2.75, 3.05) is 7.05 Å². The van der Waals surface area contributed by atoms with Crippen LogP contribution in [0, 0.1) is 5.92 Å². The van der Waals surface area contributed by atoms with Crippen LogP contribution < -0.4 is 10.8 Å². The molecule has 5 heteroatoms. The SMILES string of the molecule is CCC(C)C(=O)ONC(=O)NC. The van der Waals surface area contributed by atoms with Gasteiger partial charge in [-0.2, -0.15) is 5.48 Å². The molecule has 2 amide bonds. The molecule has 0 aromatic rings. The molecule has 0 spiro atoms. The van der Waals surface area contributed by atoms with Gasteiger partial charge in [-0.15, -0.1) is 0 Å². The molecule has 0 radical (unpaired) electrons. The van der Waals surface area contributed by atoms with Crippen LogP contribution in [0.4, 0.5) is 4.79 Å². The quantitative estimate of drug-likeness (QED) is 0.596. The van der Waals surface area contributed by atoms with E-state index < -0.39 is 12.0 Å². The third kappa shape index (κ3) is 3.80. The number of carbonyl (C=O) groups is 2. The molecule has 0 aliphatic carbocycles. The summed E-state index contributed by atoms with van der Waals surface area (Å²) in [6.07, 6.45) is 0.689. The van der Waals surface area contributed by atoms with Crippen molar-refractivity contribution in [1.29, 1.82) is 0 Å². The average Bonchev–Trinajstić information content (AvgIpc) is 2.11. The van der Waals surface area contributed by atoms with Crippen LogP contribution in [0.15, 0.2) is 0 Å². The van der Waals surface area contributed by atoms with Crippen LogP contribution in [-0.2, 0) is 9.63 Å². The number of rotatable bonds is 2. The lowest BCUT2D eigenvalue weighted by atomic mass is 10.1. The number of urea groups is 1. The molecule has 0 fully saturated rings. The van der Waals surface area contributed by atoms with E-state index in [-0.39, 0.29) is 5.92 Å². The van der Waals surface area contributed by atoms with Crippen LogP contribution in [0.2, 0.25) is 0 Å². The first-order chi connectivity index (χ1) is 5.61. The van der Waals surface area contributed by atoms with Gasteiger partial charge in [0, 0.05) is 7.05 Å². The van der Waals surface area contributed by atoms with E-state index in [2.05, 4.69) is 10.2 Å². The molecular weight excluding hydrogens is 160 g/mol. The number of hydroxylamine groups is 1. The second-order valence-electron chi connectivity index (χ2n) is 2.41. The Balaban J connectivity index is 3.64. The lowest BCUT2D eigenvalue weighted by Gasteiger charge is -2.08. The van der Waals surface area contributed by atoms with Crippen LogP contribution in [0.5, 0.6) is 0 Å². The molecule has 2 N–H and O–H groups in total. The highest BCUT2D eigenvalue weighted by atomic mass is 16.7. The van der Waals surface area contributed by atoms with Crippen molar-refractivity contribution in [3.63, 3.8) is 0 Å². The topological polar surface area (TPSA) is 67.4 Å². The molecular formula is C7H14N2O3. The summed E-state index contributed by atoms with van der Waals surface area (Å²) in [5.74, 6) is -0.622. The Morgan fingerprint density at radius 3 is 2.50 bits per heavy atom. The highest BCUT2D eigenvalue weighted by molar-refractivity contribution is 5.77. The third-order valence-electron chi connectivity index (χ3n) is 1.49. The van der Waals surface area contributed by atoms with Gasteiger partial charge in [0.2, 0.25) is 0 Å². The number of hydrogen-bond acceptors (Lipinski definition) is 3. The summed E-state index contributed by atoms with van der Waals surface area (Å²) in [6, 6.07) is -0.536. The molecule has 0 aromatic heterocycles. The predicted molar refractivity (Wildman–Crippen MR) is 43.1 cm³/mol. The summed E-state index contributed by atoms with van der Waals surface area (Å²) in [4.78, 5) is 25.9. The van der Waals surface area contributed by atoms with Gasteiger partial charge >= 0.3 is 12.0 Å². The summed E-state index contributed by atoms with van der Waals surface area (Å²) in [6.45, 7) is 3.60. The Labute approximate surface area is 71.4 Å². The third-order valence-corrected chi connectivity index (χ3v) is 1.49. The number of hydrogen-bond donors (Lipinski definition) is 2. The highest BCUT2D eigenvalue weighted by Gasteiger charge is 2.12. The van der Waals surface area contributed by atoms with Crippen LogP contribution >= 0.6 is 0 Å². The second-order valence-corrected chi connectivity index (χ2v) is 2.41. The summed E-state index contributed by atoms with van der Waals surface area (Å²) in [5, 5.41) is 2.25. The Bertz CT molecular complexity index is 170. The Hall–Kier alpha value is -1.26. The Kier molecular flexibility index (Phi) is 4.83. The van der Waals surface area contributed by atoms with Gasteiger partial charge in [0.05, 0.1) is 5.92 Å². The first-order valence-corrected chi connectivity index (χ1v) is 3.80. The minimum atomic E-state index is -0.536.